The van der Waals surface area contributed by atoms with E-state index in [4.69, 9.17) is 4.74 Å². The van der Waals surface area contributed by atoms with Crippen molar-refractivity contribution >= 4 is 5.97 Å². The topological polar surface area (TPSA) is 26.3 Å². The van der Waals surface area contributed by atoms with Gasteiger partial charge in [-0.1, -0.05) is 56.5 Å². The number of carbonyl (C=O) groups excluding carboxylic acids is 1. The molecule has 100 valence electrons. The number of rotatable bonds is 7. The molecule has 0 unspecified atom stereocenters. The van der Waals surface area contributed by atoms with Gasteiger partial charge in [0.1, 0.15) is 5.60 Å². The molecular formula is C16H24O2. The minimum Gasteiger partial charge on any atom is -0.455 e. The summed E-state index contributed by atoms with van der Waals surface area (Å²) in [4.78, 5) is 11.8. The molecule has 1 rings (SSSR count). The van der Waals surface area contributed by atoms with Crippen molar-refractivity contribution in [2.24, 2.45) is 0 Å². The van der Waals surface area contributed by atoms with E-state index in [1.165, 1.54) is 12.8 Å². The fourth-order valence-corrected chi connectivity index (χ4v) is 1.93. The summed E-state index contributed by atoms with van der Waals surface area (Å²) in [5.41, 5.74) is 0.496. The minimum absolute atomic E-state index is 0.0973. The van der Waals surface area contributed by atoms with Crippen LogP contribution in [0.1, 0.15) is 58.4 Å². The Hall–Kier alpha value is -1.31. The SMILES string of the molecule is CCCCCCC(=O)OC(C)(C)c1ccccc1. The van der Waals surface area contributed by atoms with Gasteiger partial charge in [0.05, 0.1) is 0 Å². The normalized spacial score (nSPS) is 11.3. The van der Waals surface area contributed by atoms with Crippen LogP contribution in [0.5, 0.6) is 0 Å². The number of benzene rings is 1. The van der Waals surface area contributed by atoms with Gasteiger partial charge in [0.2, 0.25) is 0 Å². The van der Waals surface area contributed by atoms with E-state index in [2.05, 4.69) is 6.92 Å². The number of esters is 1. The third-order valence-corrected chi connectivity index (χ3v) is 3.07. The molecule has 0 saturated heterocycles. The Bertz CT molecular complexity index is 355. The number of hydrogen-bond acceptors (Lipinski definition) is 2. The van der Waals surface area contributed by atoms with E-state index in [0.29, 0.717) is 6.42 Å². The number of unbranched alkanes of at least 4 members (excludes halogenated alkanes) is 3. The maximum Gasteiger partial charge on any atom is 0.306 e. The van der Waals surface area contributed by atoms with E-state index >= 15 is 0 Å². The third kappa shape index (κ3) is 4.91. The molecule has 18 heavy (non-hydrogen) atoms. The van der Waals surface area contributed by atoms with Gasteiger partial charge in [0.25, 0.3) is 0 Å². The molecule has 0 saturated carbocycles. The lowest BCUT2D eigenvalue weighted by Crippen LogP contribution is -2.25. The molecule has 2 heteroatoms. The second-order valence-corrected chi connectivity index (χ2v) is 5.16. The maximum absolute atomic E-state index is 11.8. The minimum atomic E-state index is -0.539. The summed E-state index contributed by atoms with van der Waals surface area (Å²) in [6.07, 6.45) is 4.94. The van der Waals surface area contributed by atoms with Gasteiger partial charge in [-0.05, 0) is 25.8 Å². The highest BCUT2D eigenvalue weighted by Gasteiger charge is 2.24. The average molecular weight is 248 g/mol. The van der Waals surface area contributed by atoms with Gasteiger partial charge in [-0.3, -0.25) is 4.79 Å². The Labute approximate surface area is 110 Å². The Morgan fingerprint density at radius 1 is 1.11 bits per heavy atom. The molecular weight excluding hydrogens is 224 g/mol. The van der Waals surface area contributed by atoms with Crippen LogP contribution in [0.3, 0.4) is 0 Å². The largest absolute Gasteiger partial charge is 0.455 e. The van der Waals surface area contributed by atoms with Crippen molar-refractivity contribution in [3.05, 3.63) is 35.9 Å². The second kappa shape index (κ2) is 7.20. The monoisotopic (exact) mass is 248 g/mol. The zero-order valence-electron chi connectivity index (χ0n) is 11.7. The lowest BCUT2D eigenvalue weighted by molar-refractivity contribution is -0.157. The molecule has 2 nitrogen and oxygen atoms in total. The Morgan fingerprint density at radius 2 is 1.78 bits per heavy atom. The highest BCUT2D eigenvalue weighted by atomic mass is 16.6. The molecule has 0 aliphatic heterocycles. The summed E-state index contributed by atoms with van der Waals surface area (Å²) < 4.78 is 5.57. The third-order valence-electron chi connectivity index (χ3n) is 3.07. The molecule has 0 heterocycles. The molecule has 1 aromatic rings. The first-order valence-electron chi connectivity index (χ1n) is 6.83. The lowest BCUT2D eigenvalue weighted by Gasteiger charge is -2.25. The fraction of sp³-hybridized carbons (Fsp3) is 0.562. The second-order valence-electron chi connectivity index (χ2n) is 5.16. The van der Waals surface area contributed by atoms with Gasteiger partial charge >= 0.3 is 5.97 Å². The molecule has 0 spiro atoms. The Balaban J connectivity index is 2.43. The molecule has 0 N–H and O–H groups in total. The highest BCUT2D eigenvalue weighted by Crippen LogP contribution is 2.25. The van der Waals surface area contributed by atoms with E-state index in [1.807, 2.05) is 44.2 Å². The summed E-state index contributed by atoms with van der Waals surface area (Å²) in [6.45, 7) is 6.04. The van der Waals surface area contributed by atoms with E-state index in [-0.39, 0.29) is 5.97 Å². The zero-order valence-corrected chi connectivity index (χ0v) is 11.7. The van der Waals surface area contributed by atoms with Crippen LogP contribution in [0.4, 0.5) is 0 Å². The molecule has 0 radical (unpaired) electrons. The molecule has 0 aromatic heterocycles. The van der Waals surface area contributed by atoms with Crippen LogP contribution in [-0.2, 0) is 15.1 Å². The molecule has 0 amide bonds. The first-order valence-corrected chi connectivity index (χ1v) is 6.83. The van der Waals surface area contributed by atoms with E-state index in [9.17, 15) is 4.79 Å². The van der Waals surface area contributed by atoms with Crippen LogP contribution in [0.2, 0.25) is 0 Å². The van der Waals surface area contributed by atoms with Gasteiger partial charge in [0, 0.05) is 6.42 Å². The van der Waals surface area contributed by atoms with E-state index in [0.717, 1.165) is 18.4 Å². The summed E-state index contributed by atoms with van der Waals surface area (Å²) in [6, 6.07) is 9.87. The standard InChI is InChI=1S/C16H24O2/c1-4-5-6-10-13-15(17)18-16(2,3)14-11-8-7-9-12-14/h7-9,11-12H,4-6,10,13H2,1-3H3. The number of carbonyl (C=O) groups is 1. The lowest BCUT2D eigenvalue weighted by atomic mass is 9.98. The molecule has 0 aliphatic carbocycles. The van der Waals surface area contributed by atoms with Crippen molar-refractivity contribution in [1.82, 2.24) is 0 Å². The molecule has 1 aromatic carbocycles. The molecule has 0 bridgehead atoms. The predicted octanol–water partition coefficient (Wildman–Crippen LogP) is 4.44. The van der Waals surface area contributed by atoms with Gasteiger partial charge in [-0.25, -0.2) is 0 Å². The maximum atomic E-state index is 11.8. The van der Waals surface area contributed by atoms with Crippen molar-refractivity contribution in [3.63, 3.8) is 0 Å². The Kier molecular flexibility index (Phi) is 5.90. The summed E-state index contributed by atoms with van der Waals surface area (Å²) >= 11 is 0. The van der Waals surface area contributed by atoms with Crippen molar-refractivity contribution in [2.75, 3.05) is 0 Å². The van der Waals surface area contributed by atoms with Crippen LogP contribution in [-0.4, -0.2) is 5.97 Å². The van der Waals surface area contributed by atoms with Crippen LogP contribution in [0, 0.1) is 0 Å². The summed E-state index contributed by atoms with van der Waals surface area (Å²) in [5.74, 6) is -0.0973. The predicted molar refractivity (Wildman–Crippen MR) is 74.3 cm³/mol. The first-order chi connectivity index (χ1) is 8.56. The highest BCUT2D eigenvalue weighted by molar-refractivity contribution is 5.70. The van der Waals surface area contributed by atoms with Crippen LogP contribution >= 0.6 is 0 Å². The van der Waals surface area contributed by atoms with Crippen molar-refractivity contribution in [3.8, 4) is 0 Å². The van der Waals surface area contributed by atoms with E-state index < -0.39 is 5.60 Å². The Morgan fingerprint density at radius 3 is 2.39 bits per heavy atom. The van der Waals surface area contributed by atoms with Crippen molar-refractivity contribution < 1.29 is 9.53 Å². The first kappa shape index (κ1) is 14.7. The summed E-state index contributed by atoms with van der Waals surface area (Å²) in [7, 11) is 0. The molecule has 0 aliphatic rings. The van der Waals surface area contributed by atoms with E-state index in [1.54, 1.807) is 0 Å². The number of ether oxygens (including phenoxy) is 1. The van der Waals surface area contributed by atoms with Crippen LogP contribution in [0.25, 0.3) is 0 Å². The smallest absolute Gasteiger partial charge is 0.306 e. The average Bonchev–Trinajstić information content (AvgIpc) is 2.35. The van der Waals surface area contributed by atoms with Gasteiger partial charge in [0.15, 0.2) is 0 Å². The molecule has 0 atom stereocenters. The molecule has 0 fully saturated rings. The fourth-order valence-electron chi connectivity index (χ4n) is 1.93. The van der Waals surface area contributed by atoms with Crippen LogP contribution < -0.4 is 0 Å². The van der Waals surface area contributed by atoms with Gasteiger partial charge in [-0.15, -0.1) is 0 Å². The summed E-state index contributed by atoms with van der Waals surface area (Å²) in [5, 5.41) is 0. The quantitative estimate of drug-likeness (QED) is 0.527. The zero-order chi connectivity index (χ0) is 13.4. The number of hydrogen-bond donors (Lipinski definition) is 0. The van der Waals surface area contributed by atoms with Crippen LogP contribution in [0.15, 0.2) is 30.3 Å². The van der Waals surface area contributed by atoms with Gasteiger partial charge in [-0.2, -0.15) is 0 Å². The van der Waals surface area contributed by atoms with Crippen molar-refractivity contribution in [1.29, 1.82) is 0 Å². The van der Waals surface area contributed by atoms with Gasteiger partial charge < -0.3 is 4.74 Å². The van der Waals surface area contributed by atoms with Crippen molar-refractivity contribution in [2.45, 2.75) is 58.5 Å².